The van der Waals surface area contributed by atoms with Crippen molar-refractivity contribution >= 4 is 34.8 Å². The van der Waals surface area contributed by atoms with Crippen LogP contribution in [0, 0.1) is 0 Å². The van der Waals surface area contributed by atoms with E-state index in [0.717, 1.165) is 6.42 Å². The number of aliphatic hydroxyl groups excluding tert-OH is 1. The van der Waals surface area contributed by atoms with Crippen LogP contribution in [0.2, 0.25) is 0 Å². The van der Waals surface area contributed by atoms with Crippen LogP contribution in [-0.2, 0) is 4.74 Å². The van der Waals surface area contributed by atoms with Gasteiger partial charge < -0.3 is 9.84 Å². The van der Waals surface area contributed by atoms with Crippen molar-refractivity contribution in [3.05, 3.63) is 0 Å². The third-order valence-electron chi connectivity index (χ3n) is 2.79. The van der Waals surface area contributed by atoms with Gasteiger partial charge >= 0.3 is 0 Å². The molecule has 0 amide bonds. The molecule has 0 rings (SSSR count). The number of rotatable bonds is 9. The Hall–Kier alpha value is 0.790. The second kappa shape index (κ2) is 9.68. The fourth-order valence-corrected chi connectivity index (χ4v) is 2.93. The summed E-state index contributed by atoms with van der Waals surface area (Å²) >= 11 is 18.5. The Balaban J connectivity index is 3.83. The van der Waals surface area contributed by atoms with E-state index in [4.69, 9.17) is 39.5 Å². The average Bonchev–Trinajstić information content (AvgIpc) is 2.25. The van der Waals surface area contributed by atoms with Gasteiger partial charge in [-0.15, -0.1) is 34.8 Å². The summed E-state index contributed by atoms with van der Waals surface area (Å²) in [4.78, 5) is 0. The Morgan fingerprint density at radius 3 is 2.11 bits per heavy atom. The molecule has 0 bridgehead atoms. The Morgan fingerprint density at radius 2 is 1.63 bits per heavy atom. The molecular weight excluding hydrogens is 307 g/mol. The Kier molecular flexibility index (Phi) is 10.1. The van der Waals surface area contributed by atoms with Crippen LogP contribution >= 0.6 is 34.8 Å². The van der Waals surface area contributed by atoms with Crippen LogP contribution < -0.4 is 0 Å². The van der Waals surface area contributed by atoms with Gasteiger partial charge in [0, 0.05) is 17.4 Å². The van der Waals surface area contributed by atoms with E-state index >= 15 is 0 Å². The molecule has 1 N–H and O–H groups in total. The van der Waals surface area contributed by atoms with E-state index in [-0.39, 0.29) is 21.7 Å². The normalized spacial score (nSPS) is 18.9. The minimum atomic E-state index is -0.499. The molecule has 0 spiro atoms. The molecule has 4 atom stereocenters. The van der Waals surface area contributed by atoms with Crippen molar-refractivity contribution in [2.75, 3.05) is 6.61 Å². The number of ether oxygens (including phenoxy) is 1. The number of aliphatic hydroxyl groups is 1. The van der Waals surface area contributed by atoms with Gasteiger partial charge in [-0.25, -0.2) is 0 Å². The maximum absolute atomic E-state index is 9.60. The third-order valence-corrected chi connectivity index (χ3v) is 4.02. The fraction of sp³-hybridized carbons (Fsp3) is 1.00. The molecule has 0 aliphatic rings. The molecule has 0 radical (unpaired) electrons. The van der Waals surface area contributed by atoms with Gasteiger partial charge in [0.25, 0.3) is 0 Å². The molecule has 0 aromatic rings. The summed E-state index contributed by atoms with van der Waals surface area (Å²) in [5.41, 5.74) is -0.135. The first-order chi connectivity index (χ1) is 8.65. The van der Waals surface area contributed by atoms with Gasteiger partial charge in [-0.3, -0.25) is 0 Å². The summed E-state index contributed by atoms with van der Waals surface area (Å²) in [6, 6.07) is 0. The number of halogens is 3. The predicted molar refractivity (Wildman–Crippen MR) is 84.8 cm³/mol. The lowest BCUT2D eigenvalue weighted by molar-refractivity contribution is -0.00437. The molecule has 0 heterocycles. The minimum Gasteiger partial charge on any atom is -0.392 e. The summed E-state index contributed by atoms with van der Waals surface area (Å²) < 4.78 is 5.62. The Morgan fingerprint density at radius 1 is 1.05 bits per heavy atom. The molecule has 116 valence electrons. The van der Waals surface area contributed by atoms with Crippen molar-refractivity contribution < 1.29 is 9.84 Å². The van der Waals surface area contributed by atoms with Gasteiger partial charge in [0.2, 0.25) is 0 Å². The van der Waals surface area contributed by atoms with Gasteiger partial charge in [-0.05, 0) is 46.5 Å². The fourth-order valence-electron chi connectivity index (χ4n) is 1.64. The lowest BCUT2D eigenvalue weighted by atomic mass is 10.1. The smallest absolute Gasteiger partial charge is 0.0701 e. The van der Waals surface area contributed by atoms with E-state index in [1.54, 1.807) is 0 Å². The van der Waals surface area contributed by atoms with Gasteiger partial charge in [0.05, 0.1) is 17.1 Å². The molecular formula is C14H27Cl3O2. The minimum absolute atomic E-state index is 0.0208. The SMILES string of the molecule is CCC(O)C(Cl)CC(Cl)CC(Cl)CCOC(C)(C)C. The van der Waals surface area contributed by atoms with Crippen LogP contribution in [0.25, 0.3) is 0 Å². The molecule has 2 nitrogen and oxygen atoms in total. The maximum Gasteiger partial charge on any atom is 0.0701 e. The lowest BCUT2D eigenvalue weighted by Crippen LogP contribution is -2.25. The van der Waals surface area contributed by atoms with Crippen LogP contribution in [0.1, 0.15) is 53.4 Å². The van der Waals surface area contributed by atoms with E-state index in [9.17, 15) is 5.11 Å². The molecule has 0 aromatic carbocycles. The maximum atomic E-state index is 9.60. The van der Waals surface area contributed by atoms with Gasteiger partial charge in [0.15, 0.2) is 0 Å². The first-order valence-electron chi connectivity index (χ1n) is 6.90. The standard InChI is InChI=1S/C14H27Cl3O2/c1-5-13(18)12(17)9-11(16)8-10(15)6-7-19-14(2,3)4/h10-13,18H,5-9H2,1-4H3. The number of hydrogen-bond donors (Lipinski definition) is 1. The van der Waals surface area contributed by atoms with Crippen molar-refractivity contribution in [1.82, 2.24) is 0 Å². The molecule has 0 saturated carbocycles. The Bertz CT molecular complexity index is 231. The first-order valence-corrected chi connectivity index (χ1v) is 8.20. The average molecular weight is 334 g/mol. The molecule has 19 heavy (non-hydrogen) atoms. The van der Waals surface area contributed by atoms with Crippen molar-refractivity contribution in [1.29, 1.82) is 0 Å². The van der Waals surface area contributed by atoms with Crippen molar-refractivity contribution in [3.63, 3.8) is 0 Å². The molecule has 0 aliphatic heterocycles. The summed E-state index contributed by atoms with van der Waals surface area (Å²) in [6.07, 6.45) is 2.16. The molecule has 0 fully saturated rings. The zero-order chi connectivity index (χ0) is 15.1. The second-order valence-electron chi connectivity index (χ2n) is 5.91. The molecule has 0 aliphatic carbocycles. The van der Waals surface area contributed by atoms with E-state index in [0.29, 0.717) is 25.9 Å². The van der Waals surface area contributed by atoms with Gasteiger partial charge in [-0.1, -0.05) is 6.92 Å². The number of alkyl halides is 3. The van der Waals surface area contributed by atoms with E-state index in [1.165, 1.54) is 0 Å². The summed E-state index contributed by atoms with van der Waals surface area (Å²) in [6.45, 7) is 8.58. The van der Waals surface area contributed by atoms with Gasteiger partial charge in [0.1, 0.15) is 0 Å². The topological polar surface area (TPSA) is 29.5 Å². The van der Waals surface area contributed by atoms with Crippen LogP contribution in [0.4, 0.5) is 0 Å². The van der Waals surface area contributed by atoms with Crippen LogP contribution in [-0.4, -0.2) is 39.5 Å². The summed E-state index contributed by atoms with van der Waals surface area (Å²) in [5.74, 6) is 0. The highest BCUT2D eigenvalue weighted by atomic mass is 35.5. The first kappa shape index (κ1) is 19.8. The Labute approximate surface area is 132 Å². The van der Waals surface area contributed by atoms with Crippen LogP contribution in [0.5, 0.6) is 0 Å². The third kappa shape index (κ3) is 11.2. The zero-order valence-corrected chi connectivity index (χ0v) is 14.6. The van der Waals surface area contributed by atoms with Gasteiger partial charge in [-0.2, -0.15) is 0 Å². The molecule has 5 heteroatoms. The number of hydrogen-bond acceptors (Lipinski definition) is 2. The monoisotopic (exact) mass is 332 g/mol. The van der Waals surface area contributed by atoms with Crippen molar-refractivity contribution in [2.24, 2.45) is 0 Å². The summed E-state index contributed by atoms with van der Waals surface area (Å²) in [5, 5.41) is 9.16. The van der Waals surface area contributed by atoms with Crippen LogP contribution in [0.3, 0.4) is 0 Å². The van der Waals surface area contributed by atoms with E-state index in [1.807, 2.05) is 27.7 Å². The van der Waals surface area contributed by atoms with E-state index in [2.05, 4.69) is 0 Å². The highest BCUT2D eigenvalue weighted by Crippen LogP contribution is 2.23. The lowest BCUT2D eigenvalue weighted by Gasteiger charge is -2.22. The molecule has 4 unspecified atom stereocenters. The largest absolute Gasteiger partial charge is 0.392 e. The summed E-state index contributed by atoms with van der Waals surface area (Å²) in [7, 11) is 0. The van der Waals surface area contributed by atoms with E-state index < -0.39 is 6.10 Å². The van der Waals surface area contributed by atoms with Crippen LogP contribution in [0.15, 0.2) is 0 Å². The molecule has 0 aromatic heterocycles. The van der Waals surface area contributed by atoms with Crippen molar-refractivity contribution in [2.45, 2.75) is 81.2 Å². The highest BCUT2D eigenvalue weighted by molar-refractivity contribution is 6.25. The molecule has 0 saturated heterocycles. The predicted octanol–water partition coefficient (Wildman–Crippen LogP) is 4.56. The second-order valence-corrected chi connectivity index (χ2v) is 7.70. The van der Waals surface area contributed by atoms with Crippen molar-refractivity contribution in [3.8, 4) is 0 Å². The zero-order valence-electron chi connectivity index (χ0n) is 12.3. The quantitative estimate of drug-likeness (QED) is 0.627. The highest BCUT2D eigenvalue weighted by Gasteiger charge is 2.21.